The van der Waals surface area contributed by atoms with Gasteiger partial charge in [-0.25, -0.2) is 9.98 Å². The van der Waals surface area contributed by atoms with Gasteiger partial charge in [-0.2, -0.15) is 0 Å². The Balaban J connectivity index is 1.63. The van der Waals surface area contributed by atoms with E-state index in [0.29, 0.717) is 12.5 Å². The minimum absolute atomic E-state index is 0.00375. The second-order valence-corrected chi connectivity index (χ2v) is 8.20. The zero-order chi connectivity index (χ0) is 20.2. The van der Waals surface area contributed by atoms with Gasteiger partial charge < -0.3 is 14.0 Å². The van der Waals surface area contributed by atoms with Crippen LogP contribution in [0.5, 0.6) is 0 Å². The Labute approximate surface area is 174 Å². The van der Waals surface area contributed by atoms with E-state index >= 15 is 0 Å². The predicted molar refractivity (Wildman–Crippen MR) is 112 cm³/mol. The number of nitrogens with zero attached hydrogens (tertiary/aromatic N) is 3. The summed E-state index contributed by atoms with van der Waals surface area (Å²) in [6.07, 6.45) is 1.58. The molecule has 0 N–H and O–H groups in total. The quantitative estimate of drug-likeness (QED) is 0.524. The zero-order valence-corrected chi connectivity index (χ0v) is 17.4. The highest BCUT2D eigenvalue weighted by molar-refractivity contribution is 7.99. The SMILES string of the molecule is COC[C@@H]1N=C(c2c(C)noc2[C@@H](C)Sc2ccccn2)O[C@H]1c1ccccc1. The van der Waals surface area contributed by atoms with E-state index in [-0.39, 0.29) is 17.4 Å². The third-order valence-corrected chi connectivity index (χ3v) is 5.79. The fourth-order valence-electron chi connectivity index (χ4n) is 3.38. The van der Waals surface area contributed by atoms with Gasteiger partial charge in [-0.05, 0) is 31.5 Å². The summed E-state index contributed by atoms with van der Waals surface area (Å²) in [5, 5.41) is 5.12. The molecule has 0 saturated heterocycles. The number of pyridine rings is 1. The smallest absolute Gasteiger partial charge is 0.222 e. The molecule has 0 bridgehead atoms. The summed E-state index contributed by atoms with van der Waals surface area (Å²) in [5.41, 5.74) is 2.65. The van der Waals surface area contributed by atoms with Gasteiger partial charge in [0.15, 0.2) is 11.9 Å². The molecule has 2 aromatic heterocycles. The van der Waals surface area contributed by atoms with Crippen molar-refractivity contribution < 1.29 is 14.0 Å². The van der Waals surface area contributed by atoms with Crippen molar-refractivity contribution in [3.63, 3.8) is 0 Å². The van der Waals surface area contributed by atoms with Crippen LogP contribution in [-0.4, -0.2) is 35.8 Å². The van der Waals surface area contributed by atoms with Gasteiger partial charge in [0.05, 0.1) is 22.6 Å². The van der Waals surface area contributed by atoms with E-state index in [1.54, 1.807) is 25.1 Å². The maximum atomic E-state index is 6.32. The van der Waals surface area contributed by atoms with Crippen LogP contribution in [0.3, 0.4) is 0 Å². The van der Waals surface area contributed by atoms with E-state index in [4.69, 9.17) is 19.0 Å². The van der Waals surface area contributed by atoms with E-state index in [2.05, 4.69) is 17.1 Å². The van der Waals surface area contributed by atoms with Crippen molar-refractivity contribution in [1.29, 1.82) is 0 Å². The molecule has 0 fully saturated rings. The summed E-state index contributed by atoms with van der Waals surface area (Å²) in [6, 6.07) is 15.8. The first-order valence-electron chi connectivity index (χ1n) is 9.50. The van der Waals surface area contributed by atoms with Gasteiger partial charge in [-0.15, -0.1) is 0 Å². The van der Waals surface area contributed by atoms with Gasteiger partial charge in [0.1, 0.15) is 11.6 Å². The number of ether oxygens (including phenoxy) is 2. The Morgan fingerprint density at radius 2 is 1.93 bits per heavy atom. The summed E-state index contributed by atoms with van der Waals surface area (Å²) in [6.45, 7) is 4.45. The Morgan fingerprint density at radius 1 is 1.14 bits per heavy atom. The van der Waals surface area contributed by atoms with Gasteiger partial charge in [0.2, 0.25) is 5.90 Å². The van der Waals surface area contributed by atoms with Gasteiger partial charge >= 0.3 is 0 Å². The summed E-state index contributed by atoms with van der Waals surface area (Å²) < 4.78 is 17.4. The van der Waals surface area contributed by atoms with Crippen molar-refractivity contribution in [2.45, 2.75) is 36.3 Å². The van der Waals surface area contributed by atoms with Gasteiger partial charge in [-0.1, -0.05) is 53.3 Å². The lowest BCUT2D eigenvalue weighted by atomic mass is 10.0. The highest BCUT2D eigenvalue weighted by Crippen LogP contribution is 2.39. The molecule has 3 heterocycles. The molecule has 0 amide bonds. The predicted octanol–water partition coefficient (Wildman–Crippen LogP) is 4.76. The van der Waals surface area contributed by atoms with Gasteiger partial charge in [0.25, 0.3) is 0 Å². The molecule has 1 aliphatic rings. The lowest BCUT2D eigenvalue weighted by Crippen LogP contribution is -2.19. The standard InChI is InChI=1S/C22H23N3O3S/c1-14-19(20(28-25-14)15(2)29-18-11-7-8-12-23-18)22-24-17(13-26-3)21(27-22)16-9-5-4-6-10-16/h4-12,15,17,21H,13H2,1-3H3/t15-,17+,21+/m1/s1. The fourth-order valence-corrected chi connectivity index (χ4v) is 4.28. The second kappa shape index (κ2) is 8.80. The van der Waals surface area contributed by atoms with Crippen molar-refractivity contribution in [2.75, 3.05) is 13.7 Å². The monoisotopic (exact) mass is 409 g/mol. The summed E-state index contributed by atoms with van der Waals surface area (Å²) in [4.78, 5) is 9.22. The number of rotatable bonds is 7. The molecule has 0 spiro atoms. The van der Waals surface area contributed by atoms with E-state index in [1.165, 1.54) is 0 Å². The van der Waals surface area contributed by atoms with Gasteiger partial charge in [-0.3, -0.25) is 0 Å². The number of thioether (sulfide) groups is 1. The molecule has 7 heteroatoms. The van der Waals surface area contributed by atoms with Crippen molar-refractivity contribution in [2.24, 2.45) is 4.99 Å². The van der Waals surface area contributed by atoms with Crippen LogP contribution in [-0.2, 0) is 9.47 Å². The molecule has 0 aliphatic carbocycles. The largest absolute Gasteiger partial charge is 0.467 e. The van der Waals surface area contributed by atoms with Crippen LogP contribution in [0.2, 0.25) is 0 Å². The maximum Gasteiger partial charge on any atom is 0.222 e. The summed E-state index contributed by atoms with van der Waals surface area (Å²) in [7, 11) is 1.68. The maximum absolute atomic E-state index is 6.32. The summed E-state index contributed by atoms with van der Waals surface area (Å²) >= 11 is 1.61. The van der Waals surface area contributed by atoms with Crippen molar-refractivity contribution >= 4 is 17.7 Å². The van der Waals surface area contributed by atoms with E-state index < -0.39 is 0 Å². The van der Waals surface area contributed by atoms with Crippen LogP contribution in [0.1, 0.15) is 40.9 Å². The average molecular weight is 410 g/mol. The first kappa shape index (κ1) is 19.7. The molecule has 29 heavy (non-hydrogen) atoms. The van der Waals surface area contributed by atoms with Crippen LogP contribution in [0.15, 0.2) is 69.3 Å². The highest BCUT2D eigenvalue weighted by Gasteiger charge is 2.36. The number of methoxy groups -OCH3 is 1. The molecule has 3 atom stereocenters. The van der Waals surface area contributed by atoms with Crippen LogP contribution in [0, 0.1) is 6.92 Å². The molecule has 150 valence electrons. The van der Waals surface area contributed by atoms with Crippen molar-refractivity contribution in [3.05, 3.63) is 77.3 Å². The zero-order valence-electron chi connectivity index (χ0n) is 16.6. The molecule has 3 aromatic rings. The first-order valence-corrected chi connectivity index (χ1v) is 10.4. The van der Waals surface area contributed by atoms with Gasteiger partial charge in [0, 0.05) is 13.3 Å². The minimum Gasteiger partial charge on any atom is -0.467 e. The molecule has 1 aromatic carbocycles. The number of benzene rings is 1. The normalized spacial score (nSPS) is 19.6. The average Bonchev–Trinajstić information content (AvgIpc) is 3.33. The van der Waals surface area contributed by atoms with E-state index in [9.17, 15) is 0 Å². The minimum atomic E-state index is -0.202. The third kappa shape index (κ3) is 4.21. The molecular weight excluding hydrogens is 386 g/mol. The number of aliphatic imine (C=N–C) groups is 1. The van der Waals surface area contributed by atoms with E-state index in [0.717, 1.165) is 27.6 Å². The third-order valence-electron chi connectivity index (χ3n) is 4.74. The topological polar surface area (TPSA) is 69.7 Å². The van der Waals surface area contributed by atoms with Crippen LogP contribution in [0.4, 0.5) is 0 Å². The molecule has 4 rings (SSSR count). The first-order chi connectivity index (χ1) is 14.2. The molecule has 0 saturated carbocycles. The number of aryl methyl sites for hydroxylation is 1. The Kier molecular flexibility index (Phi) is 5.97. The summed E-state index contributed by atoms with van der Waals surface area (Å²) in [5.74, 6) is 1.30. The van der Waals surface area contributed by atoms with Crippen LogP contribution in [0.25, 0.3) is 0 Å². The fraction of sp³-hybridized carbons (Fsp3) is 0.318. The van der Waals surface area contributed by atoms with Crippen LogP contribution < -0.4 is 0 Å². The van der Waals surface area contributed by atoms with Crippen molar-refractivity contribution in [3.8, 4) is 0 Å². The Morgan fingerprint density at radius 3 is 2.66 bits per heavy atom. The number of hydrogen-bond donors (Lipinski definition) is 0. The van der Waals surface area contributed by atoms with Crippen molar-refractivity contribution in [1.82, 2.24) is 10.1 Å². The Bertz CT molecular complexity index is 975. The lowest BCUT2D eigenvalue weighted by Gasteiger charge is -2.17. The molecule has 0 unspecified atom stereocenters. The molecule has 0 radical (unpaired) electrons. The highest BCUT2D eigenvalue weighted by atomic mass is 32.2. The molecule has 1 aliphatic heterocycles. The number of hydrogen-bond acceptors (Lipinski definition) is 7. The lowest BCUT2D eigenvalue weighted by molar-refractivity contribution is 0.120. The Hall–Kier alpha value is -2.64. The molecular formula is C22H23N3O3S. The van der Waals surface area contributed by atoms with E-state index in [1.807, 2.05) is 55.5 Å². The molecule has 6 nitrogen and oxygen atoms in total. The number of aromatic nitrogens is 2. The van der Waals surface area contributed by atoms with Crippen LogP contribution >= 0.6 is 11.8 Å². The second-order valence-electron chi connectivity index (χ2n) is 6.84.